The van der Waals surface area contributed by atoms with Crippen LogP contribution in [0.4, 0.5) is 11.4 Å². The second-order valence-corrected chi connectivity index (χ2v) is 5.87. The summed E-state index contributed by atoms with van der Waals surface area (Å²) in [4.78, 5) is 12.2. The second kappa shape index (κ2) is 7.93. The van der Waals surface area contributed by atoms with Gasteiger partial charge in [-0.3, -0.25) is 4.79 Å². The lowest BCUT2D eigenvalue weighted by atomic mass is 10.1. The van der Waals surface area contributed by atoms with Crippen molar-refractivity contribution in [1.29, 1.82) is 0 Å². The fourth-order valence-corrected chi connectivity index (χ4v) is 2.64. The van der Waals surface area contributed by atoms with Crippen molar-refractivity contribution < 1.29 is 14.3 Å². The highest BCUT2D eigenvalue weighted by molar-refractivity contribution is 6.32. The SMILES string of the molecule is COc1cc(NC(=O)CNc2cc(C)cc(C)c2)c(OC)cc1Cl. The van der Waals surface area contributed by atoms with Crippen LogP contribution in [0.15, 0.2) is 30.3 Å². The molecule has 6 heteroatoms. The van der Waals surface area contributed by atoms with Crippen molar-refractivity contribution in [1.82, 2.24) is 0 Å². The molecule has 0 radical (unpaired) electrons. The Bertz CT molecular complexity index is 727. The average molecular weight is 349 g/mol. The van der Waals surface area contributed by atoms with E-state index in [2.05, 4.69) is 16.7 Å². The number of benzene rings is 2. The summed E-state index contributed by atoms with van der Waals surface area (Å²) >= 11 is 6.06. The first kappa shape index (κ1) is 17.9. The molecule has 128 valence electrons. The first-order chi connectivity index (χ1) is 11.4. The van der Waals surface area contributed by atoms with Gasteiger partial charge < -0.3 is 20.1 Å². The predicted molar refractivity (Wildman–Crippen MR) is 97.6 cm³/mol. The first-order valence-corrected chi connectivity index (χ1v) is 7.84. The zero-order chi connectivity index (χ0) is 17.7. The minimum atomic E-state index is -0.197. The fourth-order valence-electron chi connectivity index (χ4n) is 2.41. The normalized spacial score (nSPS) is 10.2. The van der Waals surface area contributed by atoms with Gasteiger partial charge in [0, 0.05) is 17.8 Å². The van der Waals surface area contributed by atoms with Gasteiger partial charge in [0.15, 0.2) is 0 Å². The number of carbonyl (C=O) groups is 1. The molecule has 2 aromatic rings. The van der Waals surface area contributed by atoms with E-state index in [-0.39, 0.29) is 12.5 Å². The van der Waals surface area contributed by atoms with Crippen molar-refractivity contribution in [2.24, 2.45) is 0 Å². The van der Waals surface area contributed by atoms with Crippen LogP contribution < -0.4 is 20.1 Å². The van der Waals surface area contributed by atoms with Crippen LogP contribution in [0.2, 0.25) is 5.02 Å². The smallest absolute Gasteiger partial charge is 0.243 e. The van der Waals surface area contributed by atoms with E-state index >= 15 is 0 Å². The van der Waals surface area contributed by atoms with Gasteiger partial charge in [-0.15, -0.1) is 0 Å². The molecule has 0 aliphatic rings. The van der Waals surface area contributed by atoms with Gasteiger partial charge in [0.05, 0.1) is 31.5 Å². The number of ether oxygens (including phenoxy) is 2. The van der Waals surface area contributed by atoms with E-state index in [4.69, 9.17) is 21.1 Å². The Labute approximate surface area is 146 Å². The Morgan fingerprint density at radius 2 is 1.62 bits per heavy atom. The molecule has 2 rings (SSSR count). The van der Waals surface area contributed by atoms with Gasteiger partial charge in [0.1, 0.15) is 11.5 Å². The zero-order valence-corrected chi connectivity index (χ0v) is 15.0. The molecule has 5 nitrogen and oxygen atoms in total. The predicted octanol–water partition coefficient (Wildman–Crippen LogP) is 4.02. The summed E-state index contributed by atoms with van der Waals surface area (Å²) in [7, 11) is 3.03. The van der Waals surface area contributed by atoms with Gasteiger partial charge in [-0.05, 0) is 37.1 Å². The van der Waals surface area contributed by atoms with Crippen LogP contribution in [-0.4, -0.2) is 26.7 Å². The van der Waals surface area contributed by atoms with E-state index in [9.17, 15) is 4.79 Å². The number of aryl methyl sites for hydroxylation is 2. The molecule has 1 amide bonds. The van der Waals surface area contributed by atoms with E-state index in [1.54, 1.807) is 12.1 Å². The maximum absolute atomic E-state index is 12.2. The van der Waals surface area contributed by atoms with Crippen molar-refractivity contribution in [2.45, 2.75) is 13.8 Å². The summed E-state index contributed by atoms with van der Waals surface area (Å²) < 4.78 is 10.4. The van der Waals surface area contributed by atoms with E-state index < -0.39 is 0 Å². The van der Waals surface area contributed by atoms with Crippen LogP contribution in [0.3, 0.4) is 0 Å². The summed E-state index contributed by atoms with van der Waals surface area (Å²) in [5.74, 6) is 0.743. The molecule has 0 bridgehead atoms. The van der Waals surface area contributed by atoms with Crippen LogP contribution in [0.5, 0.6) is 11.5 Å². The number of hydrogen-bond acceptors (Lipinski definition) is 4. The topological polar surface area (TPSA) is 59.6 Å². The third-order valence-electron chi connectivity index (χ3n) is 3.42. The van der Waals surface area contributed by atoms with Crippen LogP contribution in [0, 0.1) is 13.8 Å². The van der Waals surface area contributed by atoms with Crippen molar-refractivity contribution in [3.63, 3.8) is 0 Å². The zero-order valence-electron chi connectivity index (χ0n) is 14.2. The molecule has 0 unspecified atom stereocenters. The highest BCUT2D eigenvalue weighted by Crippen LogP contribution is 2.35. The Kier molecular flexibility index (Phi) is 5.93. The molecule has 0 atom stereocenters. The van der Waals surface area contributed by atoms with Gasteiger partial charge in [0.25, 0.3) is 0 Å². The highest BCUT2D eigenvalue weighted by atomic mass is 35.5. The number of rotatable bonds is 6. The monoisotopic (exact) mass is 348 g/mol. The third kappa shape index (κ3) is 4.55. The largest absolute Gasteiger partial charge is 0.495 e. The molecule has 0 saturated carbocycles. The number of hydrogen-bond donors (Lipinski definition) is 2. The van der Waals surface area contributed by atoms with Crippen LogP contribution in [-0.2, 0) is 4.79 Å². The number of methoxy groups -OCH3 is 2. The number of nitrogens with one attached hydrogen (secondary N) is 2. The quantitative estimate of drug-likeness (QED) is 0.827. The Morgan fingerprint density at radius 3 is 2.21 bits per heavy atom. The summed E-state index contributed by atoms with van der Waals surface area (Å²) in [6.45, 7) is 4.17. The van der Waals surface area contributed by atoms with E-state index in [1.165, 1.54) is 14.2 Å². The lowest BCUT2D eigenvalue weighted by molar-refractivity contribution is -0.114. The minimum absolute atomic E-state index is 0.136. The Morgan fingerprint density at radius 1 is 1.00 bits per heavy atom. The molecular weight excluding hydrogens is 328 g/mol. The number of carbonyl (C=O) groups excluding carboxylic acids is 1. The molecule has 0 aromatic heterocycles. The molecule has 0 aliphatic heterocycles. The van der Waals surface area contributed by atoms with Crippen molar-refractivity contribution in [2.75, 3.05) is 31.4 Å². The maximum Gasteiger partial charge on any atom is 0.243 e. The summed E-state index contributed by atoms with van der Waals surface area (Å²) in [6.07, 6.45) is 0. The van der Waals surface area contributed by atoms with Gasteiger partial charge in [-0.1, -0.05) is 17.7 Å². The molecule has 0 spiro atoms. The average Bonchev–Trinajstić information content (AvgIpc) is 2.53. The van der Waals surface area contributed by atoms with Gasteiger partial charge >= 0.3 is 0 Å². The molecule has 24 heavy (non-hydrogen) atoms. The van der Waals surface area contributed by atoms with Gasteiger partial charge in [0.2, 0.25) is 5.91 Å². The van der Waals surface area contributed by atoms with Gasteiger partial charge in [-0.25, -0.2) is 0 Å². The molecule has 0 heterocycles. The molecule has 0 aliphatic carbocycles. The molecular formula is C18H21ClN2O3. The fraction of sp³-hybridized carbons (Fsp3) is 0.278. The standard InChI is InChI=1S/C18H21ClN2O3/c1-11-5-12(2)7-13(6-11)20-10-18(22)21-15-9-16(23-3)14(19)8-17(15)24-4/h5-9,20H,10H2,1-4H3,(H,21,22). The second-order valence-electron chi connectivity index (χ2n) is 5.47. The molecule has 2 aromatic carbocycles. The van der Waals surface area contributed by atoms with Crippen molar-refractivity contribution in [3.8, 4) is 11.5 Å². The van der Waals surface area contributed by atoms with Crippen LogP contribution >= 0.6 is 11.6 Å². The third-order valence-corrected chi connectivity index (χ3v) is 3.72. The van der Waals surface area contributed by atoms with Gasteiger partial charge in [-0.2, -0.15) is 0 Å². The van der Waals surface area contributed by atoms with Crippen molar-refractivity contribution >= 4 is 28.9 Å². The van der Waals surface area contributed by atoms with Crippen molar-refractivity contribution in [3.05, 3.63) is 46.5 Å². The van der Waals surface area contributed by atoms with E-state index in [0.717, 1.165) is 16.8 Å². The summed E-state index contributed by atoms with van der Waals surface area (Å²) in [5.41, 5.74) is 3.69. The summed E-state index contributed by atoms with van der Waals surface area (Å²) in [6, 6.07) is 9.30. The minimum Gasteiger partial charge on any atom is -0.495 e. The number of halogens is 1. The van der Waals surface area contributed by atoms with Crippen LogP contribution in [0.1, 0.15) is 11.1 Å². The Hall–Kier alpha value is -2.40. The molecule has 0 fully saturated rings. The summed E-state index contributed by atoms with van der Waals surface area (Å²) in [5, 5.41) is 6.33. The van der Waals surface area contributed by atoms with E-state index in [0.29, 0.717) is 22.2 Å². The number of amides is 1. The molecule has 2 N–H and O–H groups in total. The van der Waals surface area contributed by atoms with E-state index in [1.807, 2.05) is 26.0 Å². The number of anilines is 2. The maximum atomic E-state index is 12.2. The first-order valence-electron chi connectivity index (χ1n) is 7.46. The highest BCUT2D eigenvalue weighted by Gasteiger charge is 2.12. The Balaban J connectivity index is 2.06. The molecule has 0 saturated heterocycles. The lowest BCUT2D eigenvalue weighted by Crippen LogP contribution is -2.22. The van der Waals surface area contributed by atoms with Crippen LogP contribution in [0.25, 0.3) is 0 Å². The lowest BCUT2D eigenvalue weighted by Gasteiger charge is -2.14.